The van der Waals surface area contributed by atoms with Crippen LogP contribution in [0.3, 0.4) is 0 Å². The molecule has 0 radical (unpaired) electrons. The van der Waals surface area contributed by atoms with Crippen molar-refractivity contribution in [1.82, 2.24) is 0 Å². The maximum absolute atomic E-state index is 15.4. The highest BCUT2D eigenvalue weighted by Gasteiger charge is 2.46. The lowest BCUT2D eigenvalue weighted by Crippen LogP contribution is -2.33. The molecule has 2 nitrogen and oxygen atoms in total. The van der Waals surface area contributed by atoms with Crippen LogP contribution in [0.5, 0.6) is 0 Å². The van der Waals surface area contributed by atoms with Crippen molar-refractivity contribution in [2.45, 2.75) is 25.7 Å². The van der Waals surface area contributed by atoms with Gasteiger partial charge >= 0.3 is 0 Å². The van der Waals surface area contributed by atoms with Gasteiger partial charge in [0.15, 0.2) is 7.14 Å². The Bertz CT molecular complexity index is 1860. The predicted molar refractivity (Wildman–Crippen MR) is 188 cm³/mol. The van der Waals surface area contributed by atoms with Crippen LogP contribution in [0.2, 0.25) is 0 Å². The summed E-state index contributed by atoms with van der Waals surface area (Å²) in [6, 6.07) is 53.6. The predicted octanol–water partition coefficient (Wildman–Crippen LogP) is 6.41. The van der Waals surface area contributed by atoms with E-state index in [1.54, 1.807) is 0 Å². The molecular formula is C40H35O2P2+. The number of rotatable bonds is 6. The smallest absolute Gasteiger partial charge is 0.238 e. The SMILES string of the molecule is O=P(c1ccccc1)(c1ccccc1)c1cc2ccc1CCc1ccc(c([P+](O)(c3ccccc3)c3ccccc3)c1)CC2. The molecule has 0 unspecified atom stereocenters. The molecular weight excluding hydrogens is 574 g/mol. The molecule has 44 heavy (non-hydrogen) atoms. The van der Waals surface area contributed by atoms with Gasteiger partial charge in [-0.05, 0) is 84.3 Å². The molecule has 10 rings (SSSR count). The maximum atomic E-state index is 15.4. The second-order valence-corrected chi connectivity index (χ2v) is 17.0. The Kier molecular flexibility index (Phi) is 7.92. The Morgan fingerprint density at radius 1 is 0.477 bits per heavy atom. The van der Waals surface area contributed by atoms with Crippen molar-refractivity contribution >= 4 is 46.5 Å². The van der Waals surface area contributed by atoms with Gasteiger partial charge in [-0.25, -0.2) is 4.89 Å². The van der Waals surface area contributed by atoms with Gasteiger partial charge in [-0.3, -0.25) is 0 Å². The van der Waals surface area contributed by atoms with E-state index in [2.05, 4.69) is 60.7 Å². The largest absolute Gasteiger partial charge is 0.309 e. The minimum Gasteiger partial charge on any atom is -0.309 e. The highest BCUT2D eigenvalue weighted by molar-refractivity contribution is 7.91. The molecule has 0 amide bonds. The first-order chi connectivity index (χ1) is 21.6. The first kappa shape index (κ1) is 28.7. The summed E-state index contributed by atoms with van der Waals surface area (Å²) in [6.07, 6.45) is 3.10. The van der Waals surface area contributed by atoms with Gasteiger partial charge in [-0.15, -0.1) is 0 Å². The molecule has 6 aromatic rings. The molecule has 4 heteroatoms. The fourth-order valence-corrected chi connectivity index (χ4v) is 12.5. The topological polar surface area (TPSA) is 37.3 Å². The summed E-state index contributed by atoms with van der Waals surface area (Å²) >= 11 is 0. The second-order valence-electron chi connectivity index (χ2n) is 11.5. The van der Waals surface area contributed by atoms with Crippen molar-refractivity contribution < 1.29 is 9.46 Å². The average Bonchev–Trinajstić information content (AvgIpc) is 3.10. The zero-order chi connectivity index (χ0) is 30.0. The van der Waals surface area contributed by atoms with Gasteiger partial charge in [0, 0.05) is 15.9 Å². The van der Waals surface area contributed by atoms with Crippen molar-refractivity contribution in [1.29, 1.82) is 0 Å². The Morgan fingerprint density at radius 3 is 1.43 bits per heavy atom. The van der Waals surface area contributed by atoms with E-state index in [0.29, 0.717) is 0 Å². The van der Waals surface area contributed by atoms with Crippen molar-refractivity contribution in [3.63, 3.8) is 0 Å². The number of hydrogen-bond acceptors (Lipinski definition) is 2. The van der Waals surface area contributed by atoms with E-state index in [4.69, 9.17) is 0 Å². The normalized spacial score (nSPS) is 13.3. The van der Waals surface area contributed by atoms with Crippen LogP contribution in [0.4, 0.5) is 0 Å². The number of aryl methyl sites for hydroxylation is 4. The molecule has 0 atom stereocenters. The molecule has 0 spiro atoms. The van der Waals surface area contributed by atoms with Crippen molar-refractivity contribution in [3.8, 4) is 0 Å². The lowest BCUT2D eigenvalue weighted by atomic mass is 9.96. The Morgan fingerprint density at radius 2 is 0.909 bits per heavy atom. The summed E-state index contributed by atoms with van der Waals surface area (Å²) in [4.78, 5) is 12.8. The monoisotopic (exact) mass is 609 g/mol. The lowest BCUT2D eigenvalue weighted by Gasteiger charge is -2.25. The van der Waals surface area contributed by atoms with Crippen LogP contribution >= 0.6 is 14.6 Å². The van der Waals surface area contributed by atoms with Crippen LogP contribution in [0.1, 0.15) is 22.3 Å². The highest BCUT2D eigenvalue weighted by atomic mass is 31.2. The van der Waals surface area contributed by atoms with Gasteiger partial charge in [0.25, 0.3) is 0 Å². The number of benzene rings is 6. The third-order valence-corrected chi connectivity index (χ3v) is 15.2. The van der Waals surface area contributed by atoms with Gasteiger partial charge in [-0.1, -0.05) is 121 Å². The van der Waals surface area contributed by atoms with Gasteiger partial charge in [0.05, 0.1) is 0 Å². The molecule has 0 aromatic heterocycles. The fourth-order valence-electron chi connectivity index (χ4n) is 6.52. The molecule has 0 saturated heterocycles. The summed E-state index contributed by atoms with van der Waals surface area (Å²) in [5.74, 6) is 0. The first-order valence-corrected chi connectivity index (χ1v) is 18.7. The fraction of sp³-hybridized carbons (Fsp3) is 0.100. The van der Waals surface area contributed by atoms with E-state index in [9.17, 15) is 4.89 Å². The quantitative estimate of drug-likeness (QED) is 0.222. The zero-order valence-electron chi connectivity index (χ0n) is 24.6. The van der Waals surface area contributed by atoms with Gasteiger partial charge in [-0.2, -0.15) is 0 Å². The first-order valence-electron chi connectivity index (χ1n) is 15.3. The minimum absolute atomic E-state index is 0.756. The third-order valence-electron chi connectivity index (χ3n) is 8.85. The van der Waals surface area contributed by atoms with E-state index in [1.165, 1.54) is 5.56 Å². The number of hydrogen-bond donors (Lipinski definition) is 1. The summed E-state index contributed by atoms with van der Waals surface area (Å²) < 4.78 is 15.4. The average molecular weight is 610 g/mol. The molecule has 4 aliphatic carbocycles. The molecule has 4 bridgehead atoms. The molecule has 6 aromatic carbocycles. The molecule has 1 N–H and O–H groups in total. The van der Waals surface area contributed by atoms with E-state index in [1.807, 2.05) is 97.1 Å². The highest BCUT2D eigenvalue weighted by Crippen LogP contribution is 2.52. The van der Waals surface area contributed by atoms with Crippen LogP contribution in [0.25, 0.3) is 0 Å². The Balaban J connectivity index is 1.36. The minimum atomic E-state index is -3.12. The van der Waals surface area contributed by atoms with Crippen LogP contribution < -0.4 is 31.8 Å². The van der Waals surface area contributed by atoms with Gasteiger partial charge < -0.3 is 4.57 Å². The van der Waals surface area contributed by atoms with Crippen LogP contribution in [-0.2, 0) is 30.2 Å². The van der Waals surface area contributed by atoms with Crippen molar-refractivity contribution in [2.75, 3.05) is 0 Å². The van der Waals surface area contributed by atoms with Crippen molar-refractivity contribution in [3.05, 3.63) is 180 Å². The lowest BCUT2D eigenvalue weighted by molar-refractivity contribution is 0.592. The summed E-state index contributed by atoms with van der Waals surface area (Å²) in [6.45, 7) is 0. The van der Waals surface area contributed by atoms with Crippen LogP contribution in [0, 0.1) is 0 Å². The molecule has 4 aliphatic rings. The Hall–Kier alpha value is -4.06. The van der Waals surface area contributed by atoms with Crippen molar-refractivity contribution in [2.24, 2.45) is 0 Å². The summed E-state index contributed by atoms with van der Waals surface area (Å²) in [5, 5.41) is 5.65. The summed E-state index contributed by atoms with van der Waals surface area (Å²) in [5.41, 5.74) is 4.62. The summed E-state index contributed by atoms with van der Waals surface area (Å²) in [7, 11) is -5.99. The molecule has 0 heterocycles. The van der Waals surface area contributed by atoms with E-state index < -0.39 is 14.6 Å². The molecule has 0 fully saturated rings. The van der Waals surface area contributed by atoms with E-state index in [-0.39, 0.29) is 0 Å². The van der Waals surface area contributed by atoms with Gasteiger partial charge in [0.1, 0.15) is 15.9 Å². The van der Waals surface area contributed by atoms with E-state index in [0.717, 1.165) is 74.2 Å². The molecule has 216 valence electrons. The van der Waals surface area contributed by atoms with Crippen LogP contribution in [0.15, 0.2) is 158 Å². The second kappa shape index (κ2) is 12.1. The van der Waals surface area contributed by atoms with E-state index >= 15 is 4.57 Å². The van der Waals surface area contributed by atoms with Gasteiger partial charge in [0.2, 0.25) is 7.49 Å². The zero-order valence-corrected chi connectivity index (χ0v) is 26.4. The standard InChI is InChI=1S/C40H35O2P2/c41-43(35-13-5-1-6-14-35,36-15-7-2-8-16-36)39-29-31-21-25-33(39)27-23-32-22-26-34(28-24-31)40(30-32)44(42,37-17-9-3-10-18-37)38-19-11-4-12-20-38/h1-22,25-26,29-30,41H,23-24,27-28H2/q+1. The van der Waals surface area contributed by atoms with Crippen LogP contribution in [-0.4, -0.2) is 4.89 Å². The third kappa shape index (κ3) is 5.18. The molecule has 0 aliphatic heterocycles. The maximum Gasteiger partial charge on any atom is 0.238 e. The Labute approximate surface area is 260 Å². The molecule has 0 saturated carbocycles.